The van der Waals surface area contributed by atoms with Gasteiger partial charge < -0.3 is 10.1 Å². The second-order valence-electron chi connectivity index (χ2n) is 4.33. The van der Waals surface area contributed by atoms with Crippen LogP contribution in [-0.4, -0.2) is 29.0 Å². The quantitative estimate of drug-likeness (QED) is 0.802. The van der Waals surface area contributed by atoms with Gasteiger partial charge in [0.05, 0.1) is 30.1 Å². The Labute approximate surface area is 98.0 Å². The number of likely N-dealkylation sites (N-methyl/N-ethyl adjacent to an activating group) is 1. The number of rotatable bonds is 6. The lowest BCUT2D eigenvalue weighted by molar-refractivity contribution is 0.0599. The number of nitrogens with one attached hydrogen (secondary N) is 1. The van der Waals surface area contributed by atoms with Gasteiger partial charge in [-0.1, -0.05) is 6.92 Å². The molecule has 4 nitrogen and oxygen atoms in total. The first kappa shape index (κ1) is 13.2. The molecule has 1 unspecified atom stereocenters. The highest BCUT2D eigenvalue weighted by Crippen LogP contribution is 2.14. The number of hydrogen-bond donors (Lipinski definition) is 1. The van der Waals surface area contributed by atoms with Crippen LogP contribution >= 0.6 is 0 Å². The summed E-state index contributed by atoms with van der Waals surface area (Å²) < 4.78 is 7.59. The van der Waals surface area contributed by atoms with E-state index in [2.05, 4.69) is 37.3 Å². The summed E-state index contributed by atoms with van der Waals surface area (Å²) in [5.74, 6) is 0. The fraction of sp³-hybridized carbons (Fsp3) is 0.750. The largest absolute Gasteiger partial charge is 0.377 e. The molecule has 0 aliphatic heterocycles. The number of aromatic nitrogens is 2. The van der Waals surface area contributed by atoms with Crippen LogP contribution in [0.15, 0.2) is 6.07 Å². The van der Waals surface area contributed by atoms with Crippen molar-refractivity contribution in [2.45, 2.75) is 39.8 Å². The van der Waals surface area contributed by atoms with Crippen molar-refractivity contribution in [2.75, 3.05) is 13.2 Å². The van der Waals surface area contributed by atoms with E-state index in [9.17, 15) is 0 Å². The summed E-state index contributed by atoms with van der Waals surface area (Å²) >= 11 is 0. The molecule has 16 heavy (non-hydrogen) atoms. The standard InChI is InChI=1S/C12H23N3O/c1-6-13-11(8-16-9(2)3)12-7-10(4)14-15(12)5/h7,9,11,13H,6,8H2,1-5H3. The van der Waals surface area contributed by atoms with Gasteiger partial charge in [0.2, 0.25) is 0 Å². The predicted molar refractivity (Wildman–Crippen MR) is 65.5 cm³/mol. The second kappa shape index (κ2) is 6.01. The van der Waals surface area contributed by atoms with Crippen LogP contribution in [0.5, 0.6) is 0 Å². The Balaban J connectivity index is 2.72. The Morgan fingerprint density at radius 1 is 1.50 bits per heavy atom. The van der Waals surface area contributed by atoms with E-state index in [1.54, 1.807) is 0 Å². The molecule has 0 radical (unpaired) electrons. The Kier molecular flexibility index (Phi) is 4.96. The van der Waals surface area contributed by atoms with Crippen LogP contribution in [0.4, 0.5) is 0 Å². The van der Waals surface area contributed by atoms with Gasteiger partial charge in [0.15, 0.2) is 0 Å². The molecule has 0 aromatic carbocycles. The maximum absolute atomic E-state index is 5.67. The van der Waals surface area contributed by atoms with Crippen LogP contribution in [0.2, 0.25) is 0 Å². The van der Waals surface area contributed by atoms with Crippen molar-refractivity contribution in [3.63, 3.8) is 0 Å². The predicted octanol–water partition coefficient (Wildman–Crippen LogP) is 1.80. The fourth-order valence-corrected chi connectivity index (χ4v) is 1.74. The third kappa shape index (κ3) is 3.61. The molecule has 0 aliphatic rings. The normalized spacial score (nSPS) is 13.4. The summed E-state index contributed by atoms with van der Waals surface area (Å²) in [6.07, 6.45) is 0.260. The zero-order valence-corrected chi connectivity index (χ0v) is 10.9. The van der Waals surface area contributed by atoms with Gasteiger partial charge in [-0.2, -0.15) is 5.10 Å². The van der Waals surface area contributed by atoms with Crippen molar-refractivity contribution in [2.24, 2.45) is 7.05 Å². The van der Waals surface area contributed by atoms with E-state index in [1.807, 2.05) is 18.7 Å². The summed E-state index contributed by atoms with van der Waals surface area (Å²) in [5, 5.41) is 7.79. The molecule has 0 amide bonds. The van der Waals surface area contributed by atoms with Crippen molar-refractivity contribution in [3.8, 4) is 0 Å². The number of nitrogens with zero attached hydrogens (tertiary/aromatic N) is 2. The summed E-state index contributed by atoms with van der Waals surface area (Å²) in [6.45, 7) is 9.83. The van der Waals surface area contributed by atoms with Crippen molar-refractivity contribution >= 4 is 0 Å². The van der Waals surface area contributed by atoms with Gasteiger partial charge in [0.25, 0.3) is 0 Å². The van der Waals surface area contributed by atoms with Gasteiger partial charge in [0.1, 0.15) is 0 Å². The first-order chi connectivity index (χ1) is 7.54. The average Bonchev–Trinajstić information content (AvgIpc) is 2.52. The lowest BCUT2D eigenvalue weighted by atomic mass is 10.2. The SMILES string of the molecule is CCNC(COC(C)C)c1cc(C)nn1C. The van der Waals surface area contributed by atoms with Crippen molar-refractivity contribution in [1.29, 1.82) is 0 Å². The molecule has 0 fully saturated rings. The fourth-order valence-electron chi connectivity index (χ4n) is 1.74. The highest BCUT2D eigenvalue weighted by Gasteiger charge is 2.15. The molecule has 1 N–H and O–H groups in total. The van der Waals surface area contributed by atoms with Crippen LogP contribution in [0.25, 0.3) is 0 Å². The minimum absolute atomic E-state index is 0.221. The second-order valence-corrected chi connectivity index (χ2v) is 4.33. The first-order valence-electron chi connectivity index (χ1n) is 5.90. The molecule has 1 atom stereocenters. The summed E-state index contributed by atoms with van der Waals surface area (Å²) in [7, 11) is 1.97. The Bertz CT molecular complexity index is 320. The third-order valence-electron chi connectivity index (χ3n) is 2.44. The van der Waals surface area contributed by atoms with Crippen LogP contribution in [0.1, 0.15) is 38.2 Å². The minimum Gasteiger partial charge on any atom is -0.377 e. The van der Waals surface area contributed by atoms with E-state index in [1.165, 1.54) is 5.69 Å². The van der Waals surface area contributed by atoms with Crippen LogP contribution < -0.4 is 5.32 Å². The van der Waals surface area contributed by atoms with Crippen LogP contribution in [0, 0.1) is 6.92 Å². The summed E-state index contributed by atoms with van der Waals surface area (Å²) in [5.41, 5.74) is 2.23. The molecule has 92 valence electrons. The van der Waals surface area contributed by atoms with Crippen molar-refractivity contribution in [3.05, 3.63) is 17.5 Å². The van der Waals surface area contributed by atoms with Crippen molar-refractivity contribution < 1.29 is 4.74 Å². The van der Waals surface area contributed by atoms with E-state index >= 15 is 0 Å². The average molecular weight is 225 g/mol. The molecule has 0 spiro atoms. The van der Waals surface area contributed by atoms with Crippen LogP contribution in [0.3, 0.4) is 0 Å². The molecular formula is C12H23N3O. The van der Waals surface area contributed by atoms with Gasteiger partial charge in [-0.15, -0.1) is 0 Å². The molecule has 4 heteroatoms. The first-order valence-corrected chi connectivity index (χ1v) is 5.90. The molecule has 0 saturated heterocycles. The third-order valence-corrected chi connectivity index (χ3v) is 2.44. The highest BCUT2D eigenvalue weighted by molar-refractivity contribution is 5.13. The number of ether oxygens (including phenoxy) is 1. The maximum Gasteiger partial charge on any atom is 0.0729 e. The van der Waals surface area contributed by atoms with Gasteiger partial charge in [-0.25, -0.2) is 0 Å². The maximum atomic E-state index is 5.67. The van der Waals surface area contributed by atoms with Crippen molar-refractivity contribution in [1.82, 2.24) is 15.1 Å². The molecule has 1 aromatic rings. The Morgan fingerprint density at radius 3 is 2.62 bits per heavy atom. The smallest absolute Gasteiger partial charge is 0.0729 e. The van der Waals surface area contributed by atoms with Gasteiger partial charge >= 0.3 is 0 Å². The molecular weight excluding hydrogens is 202 g/mol. The monoisotopic (exact) mass is 225 g/mol. The molecule has 1 aromatic heterocycles. The van der Waals surface area contributed by atoms with E-state index in [0.29, 0.717) is 6.61 Å². The summed E-state index contributed by atoms with van der Waals surface area (Å²) in [6, 6.07) is 2.33. The molecule has 0 aliphatic carbocycles. The zero-order valence-electron chi connectivity index (χ0n) is 10.9. The molecule has 1 heterocycles. The highest BCUT2D eigenvalue weighted by atomic mass is 16.5. The molecule has 1 rings (SSSR count). The number of hydrogen-bond acceptors (Lipinski definition) is 3. The zero-order chi connectivity index (χ0) is 12.1. The van der Waals surface area contributed by atoms with E-state index in [-0.39, 0.29) is 12.1 Å². The van der Waals surface area contributed by atoms with E-state index < -0.39 is 0 Å². The summed E-state index contributed by atoms with van der Waals surface area (Å²) in [4.78, 5) is 0. The van der Waals surface area contributed by atoms with Gasteiger partial charge in [0, 0.05) is 7.05 Å². The lowest BCUT2D eigenvalue weighted by Crippen LogP contribution is -2.28. The topological polar surface area (TPSA) is 39.1 Å². The molecule has 0 saturated carbocycles. The Hall–Kier alpha value is -0.870. The molecule has 0 bridgehead atoms. The van der Waals surface area contributed by atoms with Crippen LogP contribution in [-0.2, 0) is 11.8 Å². The van der Waals surface area contributed by atoms with Gasteiger partial charge in [-0.3, -0.25) is 4.68 Å². The van der Waals surface area contributed by atoms with E-state index in [0.717, 1.165) is 12.2 Å². The van der Waals surface area contributed by atoms with E-state index in [4.69, 9.17) is 4.74 Å². The Morgan fingerprint density at radius 2 is 2.19 bits per heavy atom. The minimum atomic E-state index is 0.221. The van der Waals surface area contributed by atoms with Gasteiger partial charge in [-0.05, 0) is 33.4 Å². The lowest BCUT2D eigenvalue weighted by Gasteiger charge is -2.19. The number of aryl methyl sites for hydroxylation is 2.